The van der Waals surface area contributed by atoms with Gasteiger partial charge in [0, 0.05) is 22.1 Å². The van der Waals surface area contributed by atoms with Gasteiger partial charge in [-0.2, -0.15) is 0 Å². The summed E-state index contributed by atoms with van der Waals surface area (Å²) >= 11 is 0. The molecular weight excluding hydrogens is 518 g/mol. The topological polar surface area (TPSA) is 3.24 Å². The number of hydrogen-bond donors (Lipinski definition) is 0. The molecule has 1 spiro atoms. The molecule has 5 aliphatic carbocycles. The number of fused-ring (bicyclic) bond motifs is 6. The van der Waals surface area contributed by atoms with Crippen LogP contribution in [0, 0.1) is 23.7 Å². The highest BCUT2D eigenvalue weighted by atomic mass is 15.1. The summed E-state index contributed by atoms with van der Waals surface area (Å²) in [5.74, 6) is 3.40. The fourth-order valence-electron chi connectivity index (χ4n) is 10.6. The average molecular weight is 554 g/mol. The molecule has 0 heterocycles. The molecule has 0 aromatic heterocycles. The number of benzene rings is 6. The molecule has 0 amide bonds. The van der Waals surface area contributed by atoms with Gasteiger partial charge in [0.2, 0.25) is 0 Å². The summed E-state index contributed by atoms with van der Waals surface area (Å²) in [6.07, 6.45) is 7.10. The Bertz CT molecular complexity index is 2030. The van der Waals surface area contributed by atoms with E-state index in [1.165, 1.54) is 81.8 Å². The molecule has 208 valence electrons. The lowest BCUT2D eigenvalue weighted by atomic mass is 9.43. The molecule has 0 aliphatic heterocycles. The van der Waals surface area contributed by atoms with Crippen LogP contribution >= 0.6 is 0 Å². The minimum Gasteiger partial charge on any atom is -0.309 e. The lowest BCUT2D eigenvalue weighted by molar-refractivity contribution is -0.0399. The molecule has 0 radical (unpaired) electrons. The van der Waals surface area contributed by atoms with Crippen LogP contribution in [0.5, 0.6) is 0 Å². The molecule has 11 rings (SSSR count). The predicted molar refractivity (Wildman–Crippen MR) is 179 cm³/mol. The van der Waals surface area contributed by atoms with Crippen LogP contribution in [0.25, 0.3) is 32.7 Å². The van der Waals surface area contributed by atoms with E-state index >= 15 is 0 Å². The van der Waals surface area contributed by atoms with Gasteiger partial charge in [0.25, 0.3) is 0 Å². The lowest BCUT2D eigenvalue weighted by Crippen LogP contribution is -2.55. The van der Waals surface area contributed by atoms with Crippen LogP contribution in [0.2, 0.25) is 0 Å². The van der Waals surface area contributed by atoms with Crippen LogP contribution in [-0.2, 0) is 5.41 Å². The van der Waals surface area contributed by atoms with E-state index in [9.17, 15) is 0 Å². The molecule has 4 fully saturated rings. The Balaban J connectivity index is 1.29. The molecule has 6 aromatic carbocycles. The number of hydrogen-bond acceptors (Lipinski definition) is 1. The maximum Gasteiger partial charge on any atom is 0.0546 e. The smallest absolute Gasteiger partial charge is 0.0546 e. The van der Waals surface area contributed by atoms with Gasteiger partial charge in [-0.3, -0.25) is 0 Å². The third-order valence-electron chi connectivity index (χ3n) is 11.8. The van der Waals surface area contributed by atoms with Crippen LogP contribution in [0.1, 0.15) is 43.2 Å². The summed E-state index contributed by atoms with van der Waals surface area (Å²) in [6, 6.07) is 48.1. The molecule has 0 N–H and O–H groups in total. The molecule has 0 saturated heterocycles. The Morgan fingerprint density at radius 1 is 0.488 bits per heavy atom. The van der Waals surface area contributed by atoms with Crippen molar-refractivity contribution in [3.05, 3.63) is 139 Å². The van der Waals surface area contributed by atoms with E-state index in [0.29, 0.717) is 0 Å². The predicted octanol–water partition coefficient (Wildman–Crippen LogP) is 11.2. The van der Waals surface area contributed by atoms with Crippen molar-refractivity contribution in [3.63, 3.8) is 0 Å². The third-order valence-corrected chi connectivity index (χ3v) is 11.8. The molecule has 1 heteroatoms. The van der Waals surface area contributed by atoms with Crippen LogP contribution in [0.4, 0.5) is 17.1 Å². The number of para-hydroxylation sites is 1. The van der Waals surface area contributed by atoms with E-state index in [2.05, 4.69) is 132 Å². The zero-order valence-electron chi connectivity index (χ0n) is 24.4. The van der Waals surface area contributed by atoms with E-state index in [0.717, 1.165) is 23.7 Å². The summed E-state index contributed by atoms with van der Waals surface area (Å²) in [6.45, 7) is 0. The van der Waals surface area contributed by atoms with Gasteiger partial charge in [-0.1, -0.05) is 103 Å². The monoisotopic (exact) mass is 553 g/mol. The van der Waals surface area contributed by atoms with Gasteiger partial charge in [-0.05, 0) is 113 Å². The first kappa shape index (κ1) is 24.1. The molecule has 4 saturated carbocycles. The standard InChI is InChI=1S/C42H35N/c1-2-12-32(13-3-1)43(40-26-29-11-4-5-14-33(29)34-15-6-7-16-35(34)40)39-20-10-19-38-41(39)36-17-8-9-18-37(36)42(38)30-22-27-21-28(24-30)25-31(42)23-27/h1-20,26-28,30-31H,21-25H2. The summed E-state index contributed by atoms with van der Waals surface area (Å²) < 4.78 is 0. The first-order valence-electron chi connectivity index (χ1n) is 16.3. The SMILES string of the molecule is c1ccc(N(c2cccc3c2-c2ccccc2C32C3CC4CC(C3)CC2C4)c2cc3ccccc3c3ccccc23)cc1. The van der Waals surface area contributed by atoms with Crippen LogP contribution in [0.15, 0.2) is 127 Å². The Morgan fingerprint density at radius 3 is 1.91 bits per heavy atom. The molecule has 0 unspecified atom stereocenters. The van der Waals surface area contributed by atoms with Crippen LogP contribution < -0.4 is 4.90 Å². The van der Waals surface area contributed by atoms with E-state index < -0.39 is 0 Å². The highest BCUT2D eigenvalue weighted by Crippen LogP contribution is 2.70. The van der Waals surface area contributed by atoms with Crippen LogP contribution in [-0.4, -0.2) is 0 Å². The Kier molecular flexibility index (Phi) is 4.95. The van der Waals surface area contributed by atoms with Crippen molar-refractivity contribution in [2.24, 2.45) is 23.7 Å². The number of nitrogens with zero attached hydrogens (tertiary/aromatic N) is 1. The van der Waals surface area contributed by atoms with E-state index in [4.69, 9.17) is 0 Å². The van der Waals surface area contributed by atoms with Crippen molar-refractivity contribution in [1.29, 1.82) is 0 Å². The Morgan fingerprint density at radius 2 is 1.12 bits per heavy atom. The number of anilines is 3. The molecule has 0 atom stereocenters. The molecule has 43 heavy (non-hydrogen) atoms. The normalized spacial score (nSPS) is 26.2. The van der Waals surface area contributed by atoms with Gasteiger partial charge >= 0.3 is 0 Å². The molecular formula is C42H35N. The fraction of sp³-hybridized carbons (Fsp3) is 0.238. The van der Waals surface area contributed by atoms with E-state index in [-0.39, 0.29) is 5.41 Å². The summed E-state index contributed by atoms with van der Waals surface area (Å²) in [4.78, 5) is 2.57. The average Bonchev–Trinajstić information content (AvgIpc) is 3.35. The summed E-state index contributed by atoms with van der Waals surface area (Å²) in [5, 5.41) is 5.19. The quantitative estimate of drug-likeness (QED) is 0.197. The van der Waals surface area contributed by atoms with Gasteiger partial charge in [0.1, 0.15) is 0 Å². The second-order valence-corrected chi connectivity index (χ2v) is 13.8. The highest BCUT2D eigenvalue weighted by molar-refractivity contribution is 6.15. The van der Waals surface area contributed by atoms with Gasteiger partial charge < -0.3 is 4.90 Å². The zero-order valence-corrected chi connectivity index (χ0v) is 24.4. The van der Waals surface area contributed by atoms with Crippen molar-refractivity contribution in [3.8, 4) is 11.1 Å². The Labute approximate surface area is 253 Å². The molecule has 4 bridgehead atoms. The first-order chi connectivity index (χ1) is 21.3. The van der Waals surface area contributed by atoms with Crippen molar-refractivity contribution in [1.82, 2.24) is 0 Å². The third kappa shape index (κ3) is 3.18. The molecule has 5 aliphatic rings. The van der Waals surface area contributed by atoms with E-state index in [1.807, 2.05) is 0 Å². The zero-order chi connectivity index (χ0) is 28.1. The van der Waals surface area contributed by atoms with Crippen molar-refractivity contribution in [2.45, 2.75) is 37.5 Å². The van der Waals surface area contributed by atoms with Crippen molar-refractivity contribution < 1.29 is 0 Å². The highest BCUT2D eigenvalue weighted by Gasteiger charge is 2.61. The number of rotatable bonds is 3. The van der Waals surface area contributed by atoms with E-state index in [1.54, 1.807) is 11.1 Å². The van der Waals surface area contributed by atoms with Gasteiger partial charge in [-0.15, -0.1) is 0 Å². The van der Waals surface area contributed by atoms with Crippen molar-refractivity contribution in [2.75, 3.05) is 4.90 Å². The molecule has 6 aromatic rings. The summed E-state index contributed by atoms with van der Waals surface area (Å²) in [7, 11) is 0. The maximum atomic E-state index is 2.57. The lowest BCUT2D eigenvalue weighted by Gasteiger charge is -2.61. The minimum atomic E-state index is 0.156. The minimum absolute atomic E-state index is 0.156. The van der Waals surface area contributed by atoms with Gasteiger partial charge in [0.15, 0.2) is 0 Å². The van der Waals surface area contributed by atoms with Crippen LogP contribution in [0.3, 0.4) is 0 Å². The Hall–Kier alpha value is -4.36. The summed E-state index contributed by atoms with van der Waals surface area (Å²) in [5.41, 5.74) is 10.1. The largest absolute Gasteiger partial charge is 0.309 e. The van der Waals surface area contributed by atoms with Gasteiger partial charge in [0.05, 0.1) is 11.4 Å². The molecule has 1 nitrogen and oxygen atoms in total. The first-order valence-corrected chi connectivity index (χ1v) is 16.3. The van der Waals surface area contributed by atoms with Crippen molar-refractivity contribution >= 4 is 38.6 Å². The fourth-order valence-corrected chi connectivity index (χ4v) is 10.6. The second-order valence-electron chi connectivity index (χ2n) is 13.8. The van der Waals surface area contributed by atoms with Gasteiger partial charge in [-0.25, -0.2) is 0 Å². The second kappa shape index (κ2) is 8.83. The maximum absolute atomic E-state index is 2.57.